The molecule has 0 spiro atoms. The molecule has 1 aliphatic rings. The summed E-state index contributed by atoms with van der Waals surface area (Å²) in [5.74, 6) is 0.830. The van der Waals surface area contributed by atoms with E-state index >= 15 is 0 Å². The monoisotopic (exact) mass is 261 g/mol. The molecule has 0 aromatic carbocycles. The van der Waals surface area contributed by atoms with Gasteiger partial charge in [0.05, 0.1) is 11.8 Å². The zero-order valence-electron chi connectivity index (χ0n) is 10.7. The highest BCUT2D eigenvalue weighted by atomic mass is 16.5. The number of ether oxygens (including phenoxy) is 1. The van der Waals surface area contributed by atoms with Gasteiger partial charge in [-0.1, -0.05) is 5.16 Å². The van der Waals surface area contributed by atoms with Gasteiger partial charge in [-0.25, -0.2) is 0 Å². The van der Waals surface area contributed by atoms with Gasteiger partial charge in [0.15, 0.2) is 0 Å². The number of hydrogen-bond donors (Lipinski definition) is 1. The average Bonchev–Trinajstić information content (AvgIpc) is 2.90. The maximum Gasteiger partial charge on any atom is 0.261 e. The van der Waals surface area contributed by atoms with Crippen LogP contribution < -0.4 is 0 Å². The Hall–Kier alpha value is -1.95. The van der Waals surface area contributed by atoms with E-state index in [9.17, 15) is 5.11 Å². The SMILES string of the molecule is CC1(c2noc(-c3ccncc3O)n2)CCCCO1. The van der Waals surface area contributed by atoms with Crippen LogP contribution in [0.4, 0.5) is 0 Å². The second-order valence-corrected chi connectivity index (χ2v) is 4.85. The van der Waals surface area contributed by atoms with E-state index in [0.29, 0.717) is 18.0 Å². The van der Waals surface area contributed by atoms with Crippen molar-refractivity contribution in [3.63, 3.8) is 0 Å². The third-order valence-corrected chi connectivity index (χ3v) is 3.40. The van der Waals surface area contributed by atoms with E-state index in [1.165, 1.54) is 6.20 Å². The van der Waals surface area contributed by atoms with Crippen molar-refractivity contribution < 1.29 is 14.4 Å². The first-order valence-corrected chi connectivity index (χ1v) is 6.30. The summed E-state index contributed by atoms with van der Waals surface area (Å²) in [6, 6.07) is 1.64. The van der Waals surface area contributed by atoms with Crippen molar-refractivity contribution in [1.82, 2.24) is 15.1 Å². The van der Waals surface area contributed by atoms with E-state index in [2.05, 4.69) is 15.1 Å². The van der Waals surface area contributed by atoms with Crippen molar-refractivity contribution in [2.75, 3.05) is 6.61 Å². The molecule has 0 bridgehead atoms. The Morgan fingerprint density at radius 3 is 3.00 bits per heavy atom. The van der Waals surface area contributed by atoms with Gasteiger partial charge in [-0.2, -0.15) is 4.98 Å². The standard InChI is InChI=1S/C13H15N3O3/c1-13(5-2-3-7-18-13)12-15-11(19-16-12)9-4-6-14-8-10(9)17/h4,6,8,17H,2-3,5,7H2,1H3. The third kappa shape index (κ3) is 2.19. The molecule has 1 unspecified atom stereocenters. The molecule has 2 aromatic rings. The number of aromatic hydroxyl groups is 1. The summed E-state index contributed by atoms with van der Waals surface area (Å²) in [7, 11) is 0. The average molecular weight is 261 g/mol. The molecule has 0 aliphatic carbocycles. The molecular weight excluding hydrogens is 246 g/mol. The summed E-state index contributed by atoms with van der Waals surface area (Å²) >= 11 is 0. The summed E-state index contributed by atoms with van der Waals surface area (Å²) < 4.78 is 11.0. The predicted molar refractivity (Wildman–Crippen MR) is 66.3 cm³/mol. The summed E-state index contributed by atoms with van der Waals surface area (Å²) in [6.45, 7) is 2.67. The normalized spacial score (nSPS) is 23.4. The molecule has 100 valence electrons. The molecule has 1 N–H and O–H groups in total. The molecule has 0 amide bonds. The van der Waals surface area contributed by atoms with Gasteiger partial charge in [-0.05, 0) is 32.3 Å². The van der Waals surface area contributed by atoms with Gasteiger partial charge < -0.3 is 14.4 Å². The topological polar surface area (TPSA) is 81.3 Å². The van der Waals surface area contributed by atoms with Gasteiger partial charge in [0.2, 0.25) is 5.82 Å². The van der Waals surface area contributed by atoms with Crippen LogP contribution in [0.5, 0.6) is 5.75 Å². The Bertz CT molecular complexity index is 576. The van der Waals surface area contributed by atoms with Crippen LogP contribution in [0.3, 0.4) is 0 Å². The fourth-order valence-electron chi connectivity index (χ4n) is 2.23. The van der Waals surface area contributed by atoms with Gasteiger partial charge >= 0.3 is 0 Å². The highest BCUT2D eigenvalue weighted by molar-refractivity contribution is 5.60. The van der Waals surface area contributed by atoms with Crippen LogP contribution in [0.15, 0.2) is 23.0 Å². The second-order valence-electron chi connectivity index (χ2n) is 4.85. The number of nitrogens with zero attached hydrogens (tertiary/aromatic N) is 3. The van der Waals surface area contributed by atoms with Crippen LogP contribution >= 0.6 is 0 Å². The summed E-state index contributed by atoms with van der Waals surface area (Å²) in [4.78, 5) is 8.16. The zero-order chi connectivity index (χ0) is 13.3. The lowest BCUT2D eigenvalue weighted by Crippen LogP contribution is -2.31. The largest absolute Gasteiger partial charge is 0.505 e. The van der Waals surface area contributed by atoms with Gasteiger partial charge in [-0.15, -0.1) is 0 Å². The first-order chi connectivity index (χ1) is 9.19. The minimum Gasteiger partial charge on any atom is -0.505 e. The number of pyridine rings is 1. The Kier molecular flexibility index (Phi) is 2.94. The van der Waals surface area contributed by atoms with Crippen LogP contribution in [-0.2, 0) is 10.3 Å². The van der Waals surface area contributed by atoms with E-state index in [1.807, 2.05) is 6.92 Å². The van der Waals surface area contributed by atoms with E-state index < -0.39 is 5.60 Å². The molecule has 3 rings (SSSR count). The first-order valence-electron chi connectivity index (χ1n) is 6.30. The molecule has 0 radical (unpaired) electrons. The molecule has 6 heteroatoms. The Labute approximate surface area is 110 Å². The maximum absolute atomic E-state index is 9.73. The molecule has 1 saturated heterocycles. The first kappa shape index (κ1) is 12.1. The number of hydrogen-bond acceptors (Lipinski definition) is 6. The molecule has 19 heavy (non-hydrogen) atoms. The minimum atomic E-state index is -0.497. The summed E-state index contributed by atoms with van der Waals surface area (Å²) in [5.41, 5.74) is -0.0176. The predicted octanol–water partition coefficient (Wildman–Crippen LogP) is 2.25. The van der Waals surface area contributed by atoms with Crippen molar-refractivity contribution >= 4 is 0 Å². The highest BCUT2D eigenvalue weighted by Gasteiger charge is 2.35. The van der Waals surface area contributed by atoms with Crippen molar-refractivity contribution in [3.8, 4) is 17.2 Å². The van der Waals surface area contributed by atoms with Crippen molar-refractivity contribution in [1.29, 1.82) is 0 Å². The van der Waals surface area contributed by atoms with Gasteiger partial charge in [0.25, 0.3) is 5.89 Å². The lowest BCUT2D eigenvalue weighted by molar-refractivity contribution is -0.0770. The number of rotatable bonds is 2. The molecule has 1 aliphatic heterocycles. The third-order valence-electron chi connectivity index (χ3n) is 3.40. The van der Waals surface area contributed by atoms with Crippen molar-refractivity contribution in [2.24, 2.45) is 0 Å². The van der Waals surface area contributed by atoms with Crippen LogP contribution in [0.25, 0.3) is 11.5 Å². The summed E-state index contributed by atoms with van der Waals surface area (Å²) in [5, 5.41) is 13.7. The Balaban J connectivity index is 1.93. The molecule has 1 fully saturated rings. The zero-order valence-corrected chi connectivity index (χ0v) is 10.7. The molecule has 6 nitrogen and oxygen atoms in total. The van der Waals surface area contributed by atoms with Crippen LogP contribution in [-0.4, -0.2) is 26.8 Å². The molecular formula is C13H15N3O3. The van der Waals surface area contributed by atoms with Crippen LogP contribution in [0.2, 0.25) is 0 Å². The van der Waals surface area contributed by atoms with E-state index in [4.69, 9.17) is 9.26 Å². The van der Waals surface area contributed by atoms with Gasteiger partial charge in [0, 0.05) is 12.8 Å². The fraction of sp³-hybridized carbons (Fsp3) is 0.462. The smallest absolute Gasteiger partial charge is 0.261 e. The Morgan fingerprint density at radius 1 is 1.37 bits per heavy atom. The lowest BCUT2D eigenvalue weighted by atomic mass is 9.95. The van der Waals surface area contributed by atoms with E-state index in [-0.39, 0.29) is 11.6 Å². The fourth-order valence-corrected chi connectivity index (χ4v) is 2.23. The molecule has 1 atom stereocenters. The quantitative estimate of drug-likeness (QED) is 0.892. The van der Waals surface area contributed by atoms with E-state index in [1.54, 1.807) is 12.3 Å². The van der Waals surface area contributed by atoms with Crippen LogP contribution in [0, 0.1) is 0 Å². The van der Waals surface area contributed by atoms with Gasteiger partial charge in [-0.3, -0.25) is 4.98 Å². The van der Waals surface area contributed by atoms with Crippen molar-refractivity contribution in [2.45, 2.75) is 31.8 Å². The number of aromatic nitrogens is 3. The van der Waals surface area contributed by atoms with E-state index in [0.717, 1.165) is 19.3 Å². The van der Waals surface area contributed by atoms with Crippen LogP contribution in [0.1, 0.15) is 32.0 Å². The molecule has 3 heterocycles. The lowest BCUT2D eigenvalue weighted by Gasteiger charge is -2.30. The highest BCUT2D eigenvalue weighted by Crippen LogP contribution is 2.34. The Morgan fingerprint density at radius 2 is 2.26 bits per heavy atom. The van der Waals surface area contributed by atoms with Crippen molar-refractivity contribution in [3.05, 3.63) is 24.3 Å². The second kappa shape index (κ2) is 4.62. The molecule has 0 saturated carbocycles. The molecule has 2 aromatic heterocycles. The van der Waals surface area contributed by atoms with Gasteiger partial charge in [0.1, 0.15) is 11.4 Å². The summed E-state index contributed by atoms with van der Waals surface area (Å²) in [6.07, 6.45) is 5.93. The minimum absolute atomic E-state index is 0.0208. The maximum atomic E-state index is 9.73.